The average molecular weight is 299 g/mol. The molecule has 1 N–H and O–H groups in total. The van der Waals surface area contributed by atoms with E-state index < -0.39 is 0 Å². The monoisotopic (exact) mass is 299 g/mol. The number of aryl methyl sites for hydroxylation is 2. The van der Waals surface area contributed by atoms with Crippen LogP contribution in [-0.2, 0) is 0 Å². The van der Waals surface area contributed by atoms with E-state index in [4.69, 9.17) is 0 Å². The molecule has 2 fully saturated rings. The Kier molecular flexibility index (Phi) is 2.72. The number of fused-ring (bicyclic) bond motifs is 1. The van der Waals surface area contributed by atoms with Crippen LogP contribution in [0.3, 0.4) is 0 Å². The molecule has 3 heterocycles. The number of H-pyrrole nitrogens is 1. The molecule has 1 aliphatic heterocycles. The van der Waals surface area contributed by atoms with Crippen molar-refractivity contribution in [2.75, 3.05) is 13.1 Å². The van der Waals surface area contributed by atoms with Crippen LogP contribution < -0.4 is 5.56 Å². The minimum Gasteiger partial charge on any atom is -0.337 e. The highest BCUT2D eigenvalue weighted by atomic mass is 16.2. The lowest BCUT2D eigenvalue weighted by molar-refractivity contribution is 0.0769. The van der Waals surface area contributed by atoms with Crippen LogP contribution in [0.5, 0.6) is 0 Å². The van der Waals surface area contributed by atoms with E-state index in [9.17, 15) is 9.59 Å². The highest BCUT2D eigenvalue weighted by Gasteiger charge is 2.46. The van der Waals surface area contributed by atoms with Crippen LogP contribution >= 0.6 is 0 Å². The van der Waals surface area contributed by atoms with Crippen molar-refractivity contribution in [1.82, 2.24) is 24.6 Å². The summed E-state index contributed by atoms with van der Waals surface area (Å²) in [6.07, 6.45) is 1.23. The Bertz CT molecular complexity index is 791. The summed E-state index contributed by atoms with van der Waals surface area (Å²) in [6, 6.07) is 3.16. The van der Waals surface area contributed by atoms with E-state index in [1.165, 1.54) is 17.2 Å². The third kappa shape index (κ3) is 2.13. The quantitative estimate of drug-likeness (QED) is 0.883. The number of nitrogens with one attached hydrogen (secondary N) is 1. The Hall–Kier alpha value is -2.44. The molecule has 7 heteroatoms. The summed E-state index contributed by atoms with van der Waals surface area (Å²) in [4.78, 5) is 34.9. The predicted molar refractivity (Wildman–Crippen MR) is 79.0 cm³/mol. The minimum absolute atomic E-state index is 0.118. The van der Waals surface area contributed by atoms with Gasteiger partial charge in [0.2, 0.25) is 0 Å². The van der Waals surface area contributed by atoms with Crippen molar-refractivity contribution in [3.8, 4) is 5.95 Å². The molecule has 7 nitrogen and oxygen atoms in total. The molecule has 2 unspecified atom stereocenters. The van der Waals surface area contributed by atoms with Crippen molar-refractivity contribution >= 4 is 5.91 Å². The standard InChI is InChI=1S/C15H17N5O2/c1-8-3-9(2)17-15(16-8)20-13(21)5-12(18-20)14(22)19-6-10-4-11(10)7-19/h3,5,10-11,18H,4,6-7H2,1-2H3. The van der Waals surface area contributed by atoms with E-state index in [0.29, 0.717) is 17.5 Å². The molecule has 1 amide bonds. The van der Waals surface area contributed by atoms with Crippen LogP contribution in [0.25, 0.3) is 5.95 Å². The lowest BCUT2D eigenvalue weighted by atomic mass is 10.3. The summed E-state index contributed by atoms with van der Waals surface area (Å²) < 4.78 is 1.23. The van der Waals surface area contributed by atoms with E-state index in [-0.39, 0.29) is 17.4 Å². The third-order valence-electron chi connectivity index (χ3n) is 4.39. The number of hydrogen-bond acceptors (Lipinski definition) is 4. The van der Waals surface area contributed by atoms with E-state index in [1.807, 2.05) is 24.8 Å². The molecule has 114 valence electrons. The number of likely N-dealkylation sites (tertiary alicyclic amines) is 1. The number of carbonyl (C=O) groups is 1. The zero-order valence-electron chi connectivity index (χ0n) is 12.5. The zero-order valence-corrected chi connectivity index (χ0v) is 12.5. The molecule has 0 spiro atoms. The summed E-state index contributed by atoms with van der Waals surface area (Å²) in [6.45, 7) is 5.29. The van der Waals surface area contributed by atoms with Gasteiger partial charge in [-0.3, -0.25) is 14.7 Å². The van der Waals surface area contributed by atoms with Crippen LogP contribution in [0.4, 0.5) is 0 Å². The molecular formula is C15H17N5O2. The van der Waals surface area contributed by atoms with Crippen molar-refractivity contribution in [3.63, 3.8) is 0 Å². The second-order valence-electron chi connectivity index (χ2n) is 6.26. The SMILES string of the molecule is Cc1cc(C)nc(-n2[nH]c(C(=O)N3CC4CC4C3)cc2=O)n1. The zero-order chi connectivity index (χ0) is 15.4. The number of nitrogens with zero attached hydrogens (tertiary/aromatic N) is 4. The van der Waals surface area contributed by atoms with Gasteiger partial charge in [0.15, 0.2) is 0 Å². The summed E-state index contributed by atoms with van der Waals surface area (Å²) in [7, 11) is 0. The van der Waals surface area contributed by atoms with Crippen molar-refractivity contribution in [1.29, 1.82) is 0 Å². The maximum atomic E-state index is 12.4. The number of carbonyl (C=O) groups excluding carboxylic acids is 1. The third-order valence-corrected chi connectivity index (χ3v) is 4.39. The number of amides is 1. The Labute approximate surface area is 127 Å². The molecule has 2 aromatic rings. The van der Waals surface area contributed by atoms with Crippen LogP contribution in [0, 0.1) is 25.7 Å². The largest absolute Gasteiger partial charge is 0.337 e. The fraction of sp³-hybridized carbons (Fsp3) is 0.467. The topological polar surface area (TPSA) is 83.9 Å². The maximum absolute atomic E-state index is 12.4. The molecule has 0 radical (unpaired) electrons. The molecule has 22 heavy (non-hydrogen) atoms. The first kappa shape index (κ1) is 13.2. The van der Waals surface area contributed by atoms with Gasteiger partial charge in [-0.2, -0.15) is 4.68 Å². The second kappa shape index (κ2) is 4.53. The number of hydrogen-bond donors (Lipinski definition) is 1. The first-order valence-corrected chi connectivity index (χ1v) is 7.45. The Balaban J connectivity index is 1.66. The Morgan fingerprint density at radius 2 is 1.82 bits per heavy atom. The van der Waals surface area contributed by atoms with Gasteiger partial charge in [-0.15, -0.1) is 0 Å². The van der Waals surface area contributed by atoms with E-state index in [1.54, 1.807) is 0 Å². The fourth-order valence-electron chi connectivity index (χ4n) is 3.20. The summed E-state index contributed by atoms with van der Waals surface area (Å²) in [5.41, 5.74) is 1.53. The van der Waals surface area contributed by atoms with Crippen molar-refractivity contribution in [2.24, 2.45) is 11.8 Å². The minimum atomic E-state index is -0.322. The van der Waals surface area contributed by atoms with Crippen molar-refractivity contribution < 1.29 is 4.79 Å². The smallest absolute Gasteiger partial charge is 0.274 e. The molecule has 0 aromatic carbocycles. The van der Waals surface area contributed by atoms with Crippen molar-refractivity contribution in [2.45, 2.75) is 20.3 Å². The van der Waals surface area contributed by atoms with Gasteiger partial charge in [0.1, 0.15) is 5.69 Å². The molecule has 1 saturated carbocycles. The molecule has 1 saturated heterocycles. The van der Waals surface area contributed by atoms with Crippen LogP contribution in [-0.4, -0.2) is 43.6 Å². The van der Waals surface area contributed by atoms with Gasteiger partial charge >= 0.3 is 0 Å². The number of aromatic amines is 1. The van der Waals surface area contributed by atoms with Gasteiger partial charge < -0.3 is 4.90 Å². The van der Waals surface area contributed by atoms with Crippen LogP contribution in [0.1, 0.15) is 28.3 Å². The molecule has 2 aromatic heterocycles. The Morgan fingerprint density at radius 1 is 1.18 bits per heavy atom. The number of aromatic nitrogens is 4. The van der Waals surface area contributed by atoms with E-state index in [2.05, 4.69) is 15.1 Å². The first-order valence-electron chi connectivity index (χ1n) is 7.45. The molecule has 0 bridgehead atoms. The van der Waals surface area contributed by atoms with Gasteiger partial charge in [-0.1, -0.05) is 0 Å². The lowest BCUT2D eigenvalue weighted by Crippen LogP contribution is -2.30. The fourth-order valence-corrected chi connectivity index (χ4v) is 3.20. The van der Waals surface area contributed by atoms with E-state index in [0.717, 1.165) is 24.5 Å². The first-order chi connectivity index (χ1) is 10.5. The molecule has 4 rings (SSSR count). The number of piperidine rings is 1. The molecule has 2 atom stereocenters. The lowest BCUT2D eigenvalue weighted by Gasteiger charge is -2.16. The van der Waals surface area contributed by atoms with Crippen LogP contribution in [0.15, 0.2) is 16.9 Å². The predicted octanol–water partition coefficient (Wildman–Crippen LogP) is 0.664. The summed E-state index contributed by atoms with van der Waals surface area (Å²) >= 11 is 0. The molecule has 1 aliphatic carbocycles. The maximum Gasteiger partial charge on any atom is 0.274 e. The molecular weight excluding hydrogens is 282 g/mol. The second-order valence-corrected chi connectivity index (χ2v) is 6.26. The molecule has 2 aliphatic rings. The van der Waals surface area contributed by atoms with Gasteiger partial charge in [0, 0.05) is 30.5 Å². The van der Waals surface area contributed by atoms with Gasteiger partial charge in [0.25, 0.3) is 17.4 Å². The Morgan fingerprint density at radius 3 is 2.45 bits per heavy atom. The van der Waals surface area contributed by atoms with Crippen LogP contribution in [0.2, 0.25) is 0 Å². The summed E-state index contributed by atoms with van der Waals surface area (Å²) in [5, 5.41) is 2.85. The van der Waals surface area contributed by atoms with Gasteiger partial charge in [0.05, 0.1) is 0 Å². The van der Waals surface area contributed by atoms with E-state index >= 15 is 0 Å². The normalized spacial score (nSPS) is 22.7. The van der Waals surface area contributed by atoms with Gasteiger partial charge in [-0.05, 0) is 38.2 Å². The number of rotatable bonds is 2. The summed E-state index contributed by atoms with van der Waals surface area (Å²) in [5.74, 6) is 1.49. The average Bonchev–Trinajstić information content (AvgIpc) is 2.90. The van der Waals surface area contributed by atoms with Crippen molar-refractivity contribution in [3.05, 3.63) is 39.6 Å². The highest BCUT2D eigenvalue weighted by molar-refractivity contribution is 5.92. The van der Waals surface area contributed by atoms with Gasteiger partial charge in [-0.25, -0.2) is 9.97 Å². The highest BCUT2D eigenvalue weighted by Crippen LogP contribution is 2.45.